The molecule has 3 heterocycles. The Balaban J connectivity index is 1.51. The van der Waals surface area contributed by atoms with Gasteiger partial charge in [-0.1, -0.05) is 18.2 Å². The molecule has 29 heavy (non-hydrogen) atoms. The molecule has 0 bridgehead atoms. The fourth-order valence-electron chi connectivity index (χ4n) is 3.97. The molecule has 0 saturated carbocycles. The highest BCUT2D eigenvalue weighted by Crippen LogP contribution is 2.32. The van der Waals surface area contributed by atoms with Crippen LogP contribution in [0.3, 0.4) is 0 Å². The number of carbonyl (C=O) groups excluding carboxylic acids is 1. The largest absolute Gasteiger partial charge is 0.496 e. The lowest BCUT2D eigenvalue weighted by atomic mass is 10.0. The van der Waals surface area contributed by atoms with Crippen molar-refractivity contribution in [3.63, 3.8) is 0 Å². The summed E-state index contributed by atoms with van der Waals surface area (Å²) in [5.74, 6) is 1.19. The number of rotatable bonds is 7. The van der Waals surface area contributed by atoms with Crippen molar-refractivity contribution >= 4 is 17.1 Å². The quantitative estimate of drug-likeness (QED) is 0.659. The smallest absolute Gasteiger partial charge is 0.216 e. The third-order valence-corrected chi connectivity index (χ3v) is 5.34. The fraction of sp³-hybridized carbons (Fsp3) is 0.429. The second-order valence-corrected chi connectivity index (χ2v) is 7.35. The van der Waals surface area contributed by atoms with Crippen molar-refractivity contribution in [1.82, 2.24) is 30.0 Å². The third kappa shape index (κ3) is 4.22. The standard InChI is InChI=1S/C21H26N6O2/c1-15(28)22-10-12-27-21-20(23-8-9-24-21)19(25-27)17-7-11-26(14-17)13-16-5-3-4-6-18(16)29-2/h3-6,8-9,17H,7,10-14H2,1-2H3,(H,22,28)/t17-/m0/s1. The van der Waals surface area contributed by atoms with E-state index in [4.69, 9.17) is 9.84 Å². The molecule has 1 atom stereocenters. The van der Waals surface area contributed by atoms with Crippen molar-refractivity contribution in [3.05, 3.63) is 47.9 Å². The summed E-state index contributed by atoms with van der Waals surface area (Å²) in [5.41, 5.74) is 3.83. The average molecular weight is 394 g/mol. The van der Waals surface area contributed by atoms with Crippen molar-refractivity contribution in [2.24, 2.45) is 0 Å². The molecule has 1 amide bonds. The van der Waals surface area contributed by atoms with Crippen LogP contribution in [0.2, 0.25) is 0 Å². The molecule has 0 aliphatic carbocycles. The van der Waals surface area contributed by atoms with Crippen LogP contribution in [0, 0.1) is 0 Å². The maximum atomic E-state index is 11.2. The molecule has 1 aliphatic heterocycles. The van der Waals surface area contributed by atoms with Crippen molar-refractivity contribution in [2.75, 3.05) is 26.7 Å². The second kappa shape index (κ2) is 8.57. The summed E-state index contributed by atoms with van der Waals surface area (Å²) in [4.78, 5) is 22.6. The van der Waals surface area contributed by atoms with E-state index < -0.39 is 0 Å². The summed E-state index contributed by atoms with van der Waals surface area (Å²) in [5, 5.41) is 7.65. The Morgan fingerprint density at radius 3 is 2.93 bits per heavy atom. The number of aromatic nitrogens is 4. The molecule has 1 N–H and O–H groups in total. The Morgan fingerprint density at radius 2 is 2.10 bits per heavy atom. The van der Waals surface area contributed by atoms with Crippen LogP contribution in [0.25, 0.3) is 11.2 Å². The monoisotopic (exact) mass is 394 g/mol. The van der Waals surface area contributed by atoms with Gasteiger partial charge >= 0.3 is 0 Å². The van der Waals surface area contributed by atoms with Crippen LogP contribution in [-0.2, 0) is 17.9 Å². The van der Waals surface area contributed by atoms with Gasteiger partial charge in [-0.2, -0.15) is 5.10 Å². The predicted molar refractivity (Wildman–Crippen MR) is 110 cm³/mol. The first-order valence-corrected chi connectivity index (χ1v) is 9.92. The molecule has 1 aliphatic rings. The van der Waals surface area contributed by atoms with Crippen LogP contribution < -0.4 is 10.1 Å². The summed E-state index contributed by atoms with van der Waals surface area (Å²) in [7, 11) is 1.71. The Morgan fingerprint density at radius 1 is 1.28 bits per heavy atom. The minimum atomic E-state index is -0.0458. The van der Waals surface area contributed by atoms with Gasteiger partial charge in [0.1, 0.15) is 11.3 Å². The van der Waals surface area contributed by atoms with Gasteiger partial charge in [-0.05, 0) is 19.0 Å². The van der Waals surface area contributed by atoms with Crippen LogP contribution in [0.5, 0.6) is 5.75 Å². The molecule has 4 rings (SSSR count). The molecular formula is C21H26N6O2. The lowest BCUT2D eigenvalue weighted by molar-refractivity contribution is -0.118. The first-order valence-electron chi connectivity index (χ1n) is 9.92. The average Bonchev–Trinajstić information content (AvgIpc) is 3.33. The first-order chi connectivity index (χ1) is 14.2. The molecule has 0 spiro atoms. The number of nitrogens with zero attached hydrogens (tertiary/aromatic N) is 5. The number of nitrogens with one attached hydrogen (secondary N) is 1. The number of para-hydroxylation sites is 1. The van der Waals surface area contributed by atoms with Gasteiger partial charge in [-0.25, -0.2) is 14.6 Å². The Labute approximate surface area is 169 Å². The number of hydrogen-bond donors (Lipinski definition) is 1. The fourth-order valence-corrected chi connectivity index (χ4v) is 3.97. The zero-order valence-electron chi connectivity index (χ0n) is 16.8. The van der Waals surface area contributed by atoms with E-state index in [0.29, 0.717) is 19.0 Å². The number of hydrogen-bond acceptors (Lipinski definition) is 6. The summed E-state index contributed by atoms with van der Waals surface area (Å²) < 4.78 is 7.35. The van der Waals surface area contributed by atoms with Gasteiger partial charge in [-0.15, -0.1) is 0 Å². The zero-order valence-corrected chi connectivity index (χ0v) is 16.8. The highest BCUT2D eigenvalue weighted by molar-refractivity contribution is 5.74. The van der Waals surface area contributed by atoms with Crippen molar-refractivity contribution < 1.29 is 9.53 Å². The lowest BCUT2D eigenvalue weighted by Gasteiger charge is -2.17. The molecule has 8 nitrogen and oxygen atoms in total. The normalized spacial score (nSPS) is 17.0. The van der Waals surface area contributed by atoms with Gasteiger partial charge in [0.2, 0.25) is 5.91 Å². The second-order valence-electron chi connectivity index (χ2n) is 7.35. The Bertz CT molecular complexity index is 1000. The third-order valence-electron chi connectivity index (χ3n) is 5.34. The number of carbonyl (C=O) groups is 1. The van der Waals surface area contributed by atoms with Crippen molar-refractivity contribution in [1.29, 1.82) is 0 Å². The molecule has 3 aromatic rings. The van der Waals surface area contributed by atoms with E-state index in [-0.39, 0.29) is 5.91 Å². The maximum Gasteiger partial charge on any atom is 0.216 e. The zero-order chi connectivity index (χ0) is 20.2. The van der Waals surface area contributed by atoms with E-state index in [1.807, 2.05) is 22.9 Å². The van der Waals surface area contributed by atoms with Gasteiger partial charge in [0.25, 0.3) is 0 Å². The Kier molecular flexibility index (Phi) is 5.71. The molecule has 2 aromatic heterocycles. The van der Waals surface area contributed by atoms with Gasteiger partial charge < -0.3 is 10.1 Å². The SMILES string of the molecule is COc1ccccc1CN1CC[C@H](c2nn(CCNC(C)=O)c3nccnc23)C1. The summed E-state index contributed by atoms with van der Waals surface area (Å²) >= 11 is 0. The van der Waals surface area contributed by atoms with E-state index in [0.717, 1.165) is 48.7 Å². The lowest BCUT2D eigenvalue weighted by Crippen LogP contribution is -2.25. The molecule has 152 valence electrons. The van der Waals surface area contributed by atoms with Crippen molar-refractivity contribution in [3.8, 4) is 5.75 Å². The van der Waals surface area contributed by atoms with Gasteiger partial charge in [0.05, 0.1) is 19.3 Å². The number of likely N-dealkylation sites (tertiary alicyclic amines) is 1. The highest BCUT2D eigenvalue weighted by Gasteiger charge is 2.29. The molecule has 1 fully saturated rings. The van der Waals surface area contributed by atoms with E-state index in [9.17, 15) is 4.79 Å². The van der Waals surface area contributed by atoms with Crippen LogP contribution in [0.4, 0.5) is 0 Å². The van der Waals surface area contributed by atoms with E-state index in [2.05, 4.69) is 26.3 Å². The summed E-state index contributed by atoms with van der Waals surface area (Å²) in [6.07, 6.45) is 4.43. The highest BCUT2D eigenvalue weighted by atomic mass is 16.5. The molecule has 8 heteroatoms. The minimum absolute atomic E-state index is 0.0458. The minimum Gasteiger partial charge on any atom is -0.496 e. The number of fused-ring (bicyclic) bond motifs is 1. The number of amides is 1. The van der Waals surface area contributed by atoms with Crippen LogP contribution in [0.1, 0.15) is 30.5 Å². The van der Waals surface area contributed by atoms with E-state index in [1.54, 1.807) is 19.5 Å². The summed E-state index contributed by atoms with van der Waals surface area (Å²) in [6.45, 7) is 5.39. The molecule has 0 unspecified atom stereocenters. The first kappa shape index (κ1) is 19.3. The molecule has 1 aromatic carbocycles. The molecular weight excluding hydrogens is 368 g/mol. The van der Waals surface area contributed by atoms with Gasteiger partial charge in [0, 0.05) is 50.4 Å². The number of benzene rings is 1. The van der Waals surface area contributed by atoms with Crippen LogP contribution in [-0.4, -0.2) is 57.3 Å². The molecule has 0 radical (unpaired) electrons. The topological polar surface area (TPSA) is 85.2 Å². The summed E-state index contributed by atoms with van der Waals surface area (Å²) in [6, 6.07) is 8.16. The van der Waals surface area contributed by atoms with Gasteiger partial charge in [0.15, 0.2) is 5.65 Å². The van der Waals surface area contributed by atoms with Crippen molar-refractivity contribution in [2.45, 2.75) is 32.4 Å². The number of methoxy groups -OCH3 is 1. The van der Waals surface area contributed by atoms with Crippen LogP contribution >= 0.6 is 0 Å². The van der Waals surface area contributed by atoms with E-state index in [1.165, 1.54) is 12.5 Å². The van der Waals surface area contributed by atoms with Crippen LogP contribution in [0.15, 0.2) is 36.7 Å². The van der Waals surface area contributed by atoms with Gasteiger partial charge in [-0.3, -0.25) is 9.69 Å². The molecule has 1 saturated heterocycles. The maximum absolute atomic E-state index is 11.2. The van der Waals surface area contributed by atoms with E-state index >= 15 is 0 Å². The number of ether oxygens (including phenoxy) is 1. The predicted octanol–water partition coefficient (Wildman–Crippen LogP) is 1.96. The Hall–Kier alpha value is -3.00.